The van der Waals surface area contributed by atoms with Gasteiger partial charge in [0.05, 0.1) is 5.69 Å². The first-order valence-electron chi connectivity index (χ1n) is 11.9. The number of carboxylic acid groups (broad SMARTS) is 1. The van der Waals surface area contributed by atoms with E-state index in [1.54, 1.807) is 32.9 Å². The molecule has 0 fully saturated rings. The van der Waals surface area contributed by atoms with Crippen molar-refractivity contribution in [2.24, 2.45) is 0 Å². The summed E-state index contributed by atoms with van der Waals surface area (Å²) in [6.07, 6.45) is 2.85. The van der Waals surface area contributed by atoms with Crippen molar-refractivity contribution in [3.63, 3.8) is 0 Å². The number of pyridine rings is 1. The van der Waals surface area contributed by atoms with Gasteiger partial charge in [0.25, 0.3) is 0 Å². The van der Waals surface area contributed by atoms with E-state index >= 15 is 0 Å². The third-order valence-electron chi connectivity index (χ3n) is 5.50. The number of carboxylic acids is 1. The van der Waals surface area contributed by atoms with Gasteiger partial charge in [-0.1, -0.05) is 63.9 Å². The van der Waals surface area contributed by atoms with Crippen LogP contribution in [0.2, 0.25) is 0 Å². The highest BCUT2D eigenvalue weighted by atomic mass is 16.6. The lowest BCUT2D eigenvalue weighted by Crippen LogP contribution is -2.40. The minimum Gasteiger partial charge on any atom is -0.480 e. The third-order valence-corrected chi connectivity index (χ3v) is 5.50. The summed E-state index contributed by atoms with van der Waals surface area (Å²) in [5.74, 6) is -0.896. The van der Waals surface area contributed by atoms with Crippen molar-refractivity contribution in [2.45, 2.75) is 84.9 Å². The van der Waals surface area contributed by atoms with Crippen LogP contribution in [0.4, 0.5) is 10.6 Å². The monoisotopic (exact) mass is 469 g/mol. The fourth-order valence-corrected chi connectivity index (χ4v) is 3.58. The summed E-state index contributed by atoms with van der Waals surface area (Å²) >= 11 is 0. The van der Waals surface area contributed by atoms with Crippen LogP contribution in [0.3, 0.4) is 0 Å². The number of aliphatic carboxylic acids is 1. The van der Waals surface area contributed by atoms with E-state index in [1.165, 1.54) is 30.4 Å². The van der Waals surface area contributed by atoms with E-state index in [0.717, 1.165) is 4.90 Å². The Kier molecular flexibility index (Phi) is 9.62. The molecular weight excluding hydrogens is 430 g/mol. The van der Waals surface area contributed by atoms with Gasteiger partial charge in [0.15, 0.2) is 0 Å². The molecule has 0 spiro atoms. The van der Waals surface area contributed by atoms with Gasteiger partial charge in [0.1, 0.15) is 18.0 Å². The van der Waals surface area contributed by atoms with Gasteiger partial charge in [-0.3, -0.25) is 9.69 Å². The Bertz CT molecular complexity index is 949. The smallest absolute Gasteiger partial charge is 0.416 e. The lowest BCUT2D eigenvalue weighted by atomic mass is 9.80. The molecule has 2 rings (SSSR count). The molecule has 0 saturated heterocycles. The Morgan fingerprint density at radius 2 is 1.71 bits per heavy atom. The van der Waals surface area contributed by atoms with Crippen LogP contribution in [0.25, 0.3) is 0 Å². The highest BCUT2D eigenvalue weighted by Gasteiger charge is 2.26. The third kappa shape index (κ3) is 8.78. The molecule has 2 aromatic rings. The molecule has 0 radical (unpaired) electrons. The van der Waals surface area contributed by atoms with Crippen LogP contribution in [-0.4, -0.2) is 34.3 Å². The van der Waals surface area contributed by atoms with Crippen LogP contribution in [-0.2, 0) is 28.0 Å². The van der Waals surface area contributed by atoms with E-state index in [4.69, 9.17) is 4.74 Å². The molecular formula is C27H39N3O4. The van der Waals surface area contributed by atoms with Crippen molar-refractivity contribution >= 4 is 17.9 Å². The van der Waals surface area contributed by atoms with Gasteiger partial charge in [-0.05, 0) is 55.9 Å². The van der Waals surface area contributed by atoms with Crippen molar-refractivity contribution in [1.29, 1.82) is 0 Å². The van der Waals surface area contributed by atoms with E-state index in [1.807, 2.05) is 6.07 Å². The SMILES string of the molecule is CCCCC(C)(C)c1ccc(CNCc2cccc(N(CC(=O)O)C(=O)OC(C)(C)C)n2)cc1. The fourth-order valence-electron chi connectivity index (χ4n) is 3.58. The molecule has 7 nitrogen and oxygen atoms in total. The van der Waals surface area contributed by atoms with Gasteiger partial charge < -0.3 is 15.2 Å². The quantitative estimate of drug-likeness (QED) is 0.441. The fraction of sp³-hybridized carbons (Fsp3) is 0.519. The Balaban J connectivity index is 2.02. The molecule has 1 heterocycles. The number of carbonyl (C=O) groups is 2. The molecule has 0 aliphatic rings. The predicted octanol–water partition coefficient (Wildman–Crippen LogP) is 5.67. The molecule has 1 amide bonds. The maximum absolute atomic E-state index is 12.5. The number of hydrogen-bond acceptors (Lipinski definition) is 5. The summed E-state index contributed by atoms with van der Waals surface area (Å²) in [6.45, 7) is 12.6. The van der Waals surface area contributed by atoms with Gasteiger partial charge in [-0.15, -0.1) is 0 Å². The molecule has 0 aliphatic heterocycles. The number of rotatable bonds is 11. The second-order valence-corrected chi connectivity index (χ2v) is 10.2. The lowest BCUT2D eigenvalue weighted by molar-refractivity contribution is -0.135. The Labute approximate surface area is 203 Å². The van der Waals surface area contributed by atoms with Crippen LogP contribution >= 0.6 is 0 Å². The highest BCUT2D eigenvalue weighted by Crippen LogP contribution is 2.29. The van der Waals surface area contributed by atoms with Gasteiger partial charge in [0.2, 0.25) is 0 Å². The molecule has 0 atom stereocenters. The Hall–Kier alpha value is -2.93. The first kappa shape index (κ1) is 27.3. The van der Waals surface area contributed by atoms with Crippen LogP contribution in [0.1, 0.15) is 77.6 Å². The topological polar surface area (TPSA) is 91.8 Å². The van der Waals surface area contributed by atoms with Crippen molar-refractivity contribution in [3.8, 4) is 0 Å². The average molecular weight is 470 g/mol. The van der Waals surface area contributed by atoms with Crippen LogP contribution in [0, 0.1) is 0 Å². The first-order valence-corrected chi connectivity index (χ1v) is 11.9. The Morgan fingerprint density at radius 3 is 2.29 bits per heavy atom. The minimum absolute atomic E-state index is 0.169. The molecule has 0 unspecified atom stereocenters. The van der Waals surface area contributed by atoms with Crippen molar-refractivity contribution < 1.29 is 19.4 Å². The zero-order chi connectivity index (χ0) is 25.4. The molecule has 34 heavy (non-hydrogen) atoms. The van der Waals surface area contributed by atoms with E-state index in [2.05, 4.69) is 55.3 Å². The first-order chi connectivity index (χ1) is 15.9. The number of nitrogens with zero attached hydrogens (tertiary/aromatic N) is 2. The largest absolute Gasteiger partial charge is 0.480 e. The molecule has 2 N–H and O–H groups in total. The van der Waals surface area contributed by atoms with Gasteiger partial charge in [-0.25, -0.2) is 9.78 Å². The number of ether oxygens (including phenoxy) is 1. The van der Waals surface area contributed by atoms with Crippen molar-refractivity contribution in [2.75, 3.05) is 11.4 Å². The number of anilines is 1. The van der Waals surface area contributed by atoms with E-state index in [-0.39, 0.29) is 11.2 Å². The number of carbonyl (C=O) groups excluding carboxylic acids is 1. The number of amides is 1. The summed E-state index contributed by atoms with van der Waals surface area (Å²) in [7, 11) is 0. The zero-order valence-electron chi connectivity index (χ0n) is 21.4. The standard InChI is InChI=1S/C27H39N3O4/c1-7-8-16-27(5,6)21-14-12-20(13-15-21)17-28-18-22-10-9-11-23(29-22)30(19-24(31)32)25(33)34-26(2,3)4/h9-15,28H,7-8,16-19H2,1-6H3,(H,31,32). The van der Waals surface area contributed by atoms with Crippen LogP contribution in [0.15, 0.2) is 42.5 Å². The number of benzene rings is 1. The number of hydrogen-bond donors (Lipinski definition) is 2. The molecule has 0 bridgehead atoms. The number of aromatic nitrogens is 1. The maximum atomic E-state index is 12.5. The number of nitrogens with one attached hydrogen (secondary N) is 1. The summed E-state index contributed by atoms with van der Waals surface area (Å²) in [5.41, 5.74) is 2.65. The molecule has 0 aliphatic carbocycles. The predicted molar refractivity (Wildman–Crippen MR) is 135 cm³/mol. The molecule has 1 aromatic heterocycles. The van der Waals surface area contributed by atoms with E-state index in [9.17, 15) is 14.7 Å². The zero-order valence-corrected chi connectivity index (χ0v) is 21.4. The van der Waals surface area contributed by atoms with Crippen molar-refractivity contribution in [3.05, 3.63) is 59.3 Å². The minimum atomic E-state index is -1.14. The molecule has 186 valence electrons. The summed E-state index contributed by atoms with van der Waals surface area (Å²) in [6, 6.07) is 13.9. The maximum Gasteiger partial charge on any atom is 0.416 e. The van der Waals surface area contributed by atoms with E-state index in [0.29, 0.717) is 18.8 Å². The van der Waals surface area contributed by atoms with E-state index < -0.39 is 24.2 Å². The van der Waals surface area contributed by atoms with Gasteiger partial charge in [0, 0.05) is 13.1 Å². The second-order valence-electron chi connectivity index (χ2n) is 10.2. The highest BCUT2D eigenvalue weighted by molar-refractivity contribution is 5.92. The Morgan fingerprint density at radius 1 is 1.03 bits per heavy atom. The molecule has 7 heteroatoms. The van der Waals surface area contributed by atoms with Gasteiger partial charge in [-0.2, -0.15) is 0 Å². The van der Waals surface area contributed by atoms with Crippen molar-refractivity contribution in [1.82, 2.24) is 10.3 Å². The normalized spacial score (nSPS) is 11.8. The lowest BCUT2D eigenvalue weighted by Gasteiger charge is -2.26. The van der Waals surface area contributed by atoms with Gasteiger partial charge >= 0.3 is 12.1 Å². The van der Waals surface area contributed by atoms with Crippen LogP contribution in [0.5, 0.6) is 0 Å². The molecule has 1 aromatic carbocycles. The number of unbranched alkanes of at least 4 members (excludes halogenated alkanes) is 1. The average Bonchev–Trinajstić information content (AvgIpc) is 2.75. The van der Waals surface area contributed by atoms with Crippen LogP contribution < -0.4 is 10.2 Å². The molecule has 0 saturated carbocycles. The second kappa shape index (κ2) is 12.0. The summed E-state index contributed by atoms with van der Waals surface area (Å²) in [5, 5.41) is 12.6. The summed E-state index contributed by atoms with van der Waals surface area (Å²) < 4.78 is 5.36. The summed E-state index contributed by atoms with van der Waals surface area (Å²) in [4.78, 5) is 29.4.